The number of benzene rings is 2. The lowest BCUT2D eigenvalue weighted by molar-refractivity contribution is -0.118. The molecule has 33 heavy (non-hydrogen) atoms. The number of carbonyl (C=O) groups excluding carboxylic acids is 1. The summed E-state index contributed by atoms with van der Waals surface area (Å²) >= 11 is 3.10. The Morgan fingerprint density at radius 2 is 1.79 bits per heavy atom. The number of hydrogen-bond acceptors (Lipinski definition) is 7. The Kier molecular flexibility index (Phi) is 6.87. The lowest BCUT2D eigenvalue weighted by Crippen LogP contribution is -2.31. The molecule has 1 saturated heterocycles. The molecular formula is C24H26N6OS2. The zero-order valence-electron chi connectivity index (χ0n) is 18.3. The first-order valence-electron chi connectivity index (χ1n) is 11.3. The zero-order valence-corrected chi connectivity index (χ0v) is 19.9. The second-order valence-electron chi connectivity index (χ2n) is 7.97. The van der Waals surface area contributed by atoms with Crippen molar-refractivity contribution in [2.45, 2.75) is 30.8 Å². The van der Waals surface area contributed by atoms with Crippen LogP contribution in [0.4, 0.5) is 5.95 Å². The maximum atomic E-state index is 12.5. The van der Waals surface area contributed by atoms with E-state index in [1.54, 1.807) is 11.3 Å². The predicted octanol–water partition coefficient (Wildman–Crippen LogP) is 4.32. The largest absolute Gasteiger partial charge is 0.355 e. The third-order valence-corrected chi connectivity index (χ3v) is 7.63. The Morgan fingerprint density at radius 3 is 2.61 bits per heavy atom. The normalized spacial score (nSPS) is 14.0. The first-order chi connectivity index (χ1) is 16.3. The van der Waals surface area contributed by atoms with Crippen molar-refractivity contribution in [2.75, 3.05) is 30.3 Å². The van der Waals surface area contributed by atoms with E-state index >= 15 is 0 Å². The molecule has 4 aromatic rings. The van der Waals surface area contributed by atoms with Gasteiger partial charge in [0.2, 0.25) is 11.9 Å². The van der Waals surface area contributed by atoms with Crippen molar-refractivity contribution >= 4 is 45.2 Å². The Bertz CT molecular complexity index is 1180. The molecule has 9 heteroatoms. The van der Waals surface area contributed by atoms with E-state index in [1.165, 1.54) is 35.7 Å². The number of amides is 1. The first kappa shape index (κ1) is 21.9. The molecule has 0 atom stereocenters. The molecule has 0 spiro atoms. The van der Waals surface area contributed by atoms with E-state index in [-0.39, 0.29) is 5.91 Å². The number of fused-ring (bicyclic) bond motifs is 1. The van der Waals surface area contributed by atoms with Gasteiger partial charge in [-0.2, -0.15) is 0 Å². The minimum Gasteiger partial charge on any atom is -0.355 e. The van der Waals surface area contributed by atoms with Gasteiger partial charge in [-0.05, 0) is 43.5 Å². The van der Waals surface area contributed by atoms with E-state index in [0.29, 0.717) is 12.3 Å². The van der Waals surface area contributed by atoms with E-state index < -0.39 is 0 Å². The van der Waals surface area contributed by atoms with Gasteiger partial charge in [-0.25, -0.2) is 4.98 Å². The van der Waals surface area contributed by atoms with E-state index in [0.717, 1.165) is 46.8 Å². The standard InChI is InChI=1S/C24H26N6OS2/c31-21(25-14-13-22-26-19-11-5-6-12-20(19)33-22)17-32-24-28-27-23(29-15-7-2-8-16-29)30(24)18-9-3-1-4-10-18/h1,3-6,9-12H,2,7-8,13-17H2,(H,25,31). The smallest absolute Gasteiger partial charge is 0.232 e. The molecule has 0 bridgehead atoms. The molecule has 2 aromatic heterocycles. The van der Waals surface area contributed by atoms with Gasteiger partial charge in [-0.15, -0.1) is 21.5 Å². The number of para-hydroxylation sites is 2. The highest BCUT2D eigenvalue weighted by Gasteiger charge is 2.22. The second-order valence-corrected chi connectivity index (χ2v) is 10.0. The van der Waals surface area contributed by atoms with E-state index in [9.17, 15) is 4.79 Å². The number of piperidine rings is 1. The summed E-state index contributed by atoms with van der Waals surface area (Å²) in [5, 5.41) is 13.7. The topological polar surface area (TPSA) is 75.9 Å². The molecule has 1 aliphatic heterocycles. The average Bonchev–Trinajstić information content (AvgIpc) is 3.48. The van der Waals surface area contributed by atoms with Crippen molar-refractivity contribution in [2.24, 2.45) is 0 Å². The number of hydrogen-bond donors (Lipinski definition) is 1. The Morgan fingerprint density at radius 1 is 1.00 bits per heavy atom. The van der Waals surface area contributed by atoms with Crippen LogP contribution in [0.2, 0.25) is 0 Å². The zero-order chi connectivity index (χ0) is 22.5. The predicted molar refractivity (Wildman–Crippen MR) is 134 cm³/mol. The number of rotatable bonds is 8. The van der Waals surface area contributed by atoms with Crippen LogP contribution in [0.5, 0.6) is 0 Å². The fraction of sp³-hybridized carbons (Fsp3) is 0.333. The van der Waals surface area contributed by atoms with Crippen molar-refractivity contribution in [1.29, 1.82) is 0 Å². The molecule has 2 aromatic carbocycles. The molecule has 1 amide bonds. The van der Waals surface area contributed by atoms with Gasteiger partial charge in [0.25, 0.3) is 0 Å². The average molecular weight is 479 g/mol. The summed E-state index contributed by atoms with van der Waals surface area (Å²) in [5.74, 6) is 1.15. The summed E-state index contributed by atoms with van der Waals surface area (Å²) in [7, 11) is 0. The van der Waals surface area contributed by atoms with Gasteiger partial charge in [-0.3, -0.25) is 9.36 Å². The lowest BCUT2D eigenvalue weighted by atomic mass is 10.1. The maximum Gasteiger partial charge on any atom is 0.232 e. The Balaban J connectivity index is 1.21. The molecule has 1 fully saturated rings. The number of nitrogens with zero attached hydrogens (tertiary/aromatic N) is 5. The summed E-state index contributed by atoms with van der Waals surface area (Å²) in [6, 6.07) is 18.2. The number of nitrogens with one attached hydrogen (secondary N) is 1. The van der Waals surface area contributed by atoms with Crippen LogP contribution < -0.4 is 10.2 Å². The van der Waals surface area contributed by atoms with E-state index in [1.807, 2.05) is 36.4 Å². The van der Waals surface area contributed by atoms with Crippen molar-refractivity contribution in [1.82, 2.24) is 25.1 Å². The third kappa shape index (κ3) is 5.20. The van der Waals surface area contributed by atoms with Gasteiger partial charge < -0.3 is 10.2 Å². The maximum absolute atomic E-state index is 12.5. The van der Waals surface area contributed by atoms with Crippen molar-refractivity contribution < 1.29 is 4.79 Å². The van der Waals surface area contributed by atoms with Crippen LogP contribution in [0.1, 0.15) is 24.3 Å². The molecule has 1 aliphatic rings. The Hall–Kier alpha value is -2.91. The molecule has 0 aliphatic carbocycles. The van der Waals surface area contributed by atoms with E-state index in [2.05, 4.69) is 48.2 Å². The highest BCUT2D eigenvalue weighted by molar-refractivity contribution is 7.99. The summed E-state index contributed by atoms with van der Waals surface area (Å²) in [6.45, 7) is 2.55. The minimum atomic E-state index is -0.0109. The summed E-state index contributed by atoms with van der Waals surface area (Å²) in [4.78, 5) is 19.4. The monoisotopic (exact) mass is 478 g/mol. The van der Waals surface area contributed by atoms with Gasteiger partial charge in [0.05, 0.1) is 26.7 Å². The lowest BCUT2D eigenvalue weighted by Gasteiger charge is -2.27. The van der Waals surface area contributed by atoms with Crippen molar-refractivity contribution in [3.63, 3.8) is 0 Å². The molecule has 0 radical (unpaired) electrons. The van der Waals surface area contributed by atoms with Crippen molar-refractivity contribution in [3.8, 4) is 5.69 Å². The molecule has 3 heterocycles. The summed E-state index contributed by atoms with van der Waals surface area (Å²) < 4.78 is 3.25. The molecule has 5 rings (SSSR count). The number of thiazole rings is 1. The molecule has 0 saturated carbocycles. The fourth-order valence-corrected chi connectivity index (χ4v) is 5.72. The second kappa shape index (κ2) is 10.4. The van der Waals surface area contributed by atoms with Crippen LogP contribution >= 0.6 is 23.1 Å². The van der Waals surface area contributed by atoms with Crippen LogP contribution in [-0.4, -0.2) is 51.0 Å². The fourth-order valence-electron chi connectivity index (χ4n) is 3.97. The van der Waals surface area contributed by atoms with Gasteiger partial charge >= 0.3 is 0 Å². The van der Waals surface area contributed by atoms with Crippen LogP contribution in [-0.2, 0) is 11.2 Å². The highest BCUT2D eigenvalue weighted by atomic mass is 32.2. The van der Waals surface area contributed by atoms with Crippen LogP contribution in [0.3, 0.4) is 0 Å². The summed E-state index contributed by atoms with van der Waals surface area (Å²) in [6.07, 6.45) is 4.33. The van der Waals surface area contributed by atoms with E-state index in [4.69, 9.17) is 0 Å². The Labute approximate surface area is 201 Å². The van der Waals surface area contributed by atoms with Gasteiger partial charge in [0.15, 0.2) is 5.16 Å². The first-order valence-corrected chi connectivity index (χ1v) is 13.1. The quantitative estimate of drug-likeness (QED) is 0.380. The number of aromatic nitrogens is 4. The van der Waals surface area contributed by atoms with Crippen LogP contribution in [0.15, 0.2) is 59.8 Å². The minimum absolute atomic E-state index is 0.0109. The highest BCUT2D eigenvalue weighted by Crippen LogP contribution is 2.28. The van der Waals surface area contributed by atoms with Gasteiger partial charge in [0, 0.05) is 26.1 Å². The van der Waals surface area contributed by atoms with Crippen LogP contribution in [0.25, 0.3) is 15.9 Å². The molecule has 7 nitrogen and oxygen atoms in total. The molecule has 1 N–H and O–H groups in total. The van der Waals surface area contributed by atoms with Crippen molar-refractivity contribution in [3.05, 3.63) is 59.6 Å². The van der Waals surface area contributed by atoms with Crippen LogP contribution in [0, 0.1) is 0 Å². The van der Waals surface area contributed by atoms with Gasteiger partial charge in [-0.1, -0.05) is 42.1 Å². The number of carbonyl (C=O) groups is 1. The van der Waals surface area contributed by atoms with Gasteiger partial charge in [0.1, 0.15) is 0 Å². The number of anilines is 1. The molecular weight excluding hydrogens is 452 g/mol. The molecule has 170 valence electrons. The molecule has 0 unspecified atom stereocenters. The number of thioether (sulfide) groups is 1. The SMILES string of the molecule is O=C(CSc1nnc(N2CCCCC2)n1-c1ccccc1)NCCc1nc2ccccc2s1. The summed E-state index contributed by atoms with van der Waals surface area (Å²) in [5.41, 5.74) is 2.03. The third-order valence-electron chi connectivity index (χ3n) is 5.60.